The number of rotatable bonds is 5. The topological polar surface area (TPSA) is 86.0 Å². The summed E-state index contributed by atoms with van der Waals surface area (Å²) in [5.74, 6) is -0.125. The van der Waals surface area contributed by atoms with Crippen LogP contribution in [-0.2, 0) is 4.74 Å². The quantitative estimate of drug-likeness (QED) is 0.496. The van der Waals surface area contributed by atoms with Gasteiger partial charge in [-0.25, -0.2) is 9.78 Å². The molecule has 174 valence electrons. The molecule has 8 nitrogen and oxygen atoms in total. The lowest BCUT2D eigenvalue weighted by Gasteiger charge is -2.27. The highest BCUT2D eigenvalue weighted by molar-refractivity contribution is 5.91. The first-order chi connectivity index (χ1) is 15.4. The second-order valence-electron chi connectivity index (χ2n) is 8.61. The summed E-state index contributed by atoms with van der Waals surface area (Å²) in [4.78, 5) is 30.5. The van der Waals surface area contributed by atoms with Crippen molar-refractivity contribution in [3.63, 3.8) is 0 Å². The van der Waals surface area contributed by atoms with Crippen molar-refractivity contribution in [2.75, 3.05) is 4.90 Å². The summed E-state index contributed by atoms with van der Waals surface area (Å²) in [6.45, 7) is 5.23. The summed E-state index contributed by atoms with van der Waals surface area (Å²) in [5, 5.41) is 4.20. The Morgan fingerprint density at radius 2 is 1.94 bits per heavy atom. The number of halogens is 3. The minimum Gasteiger partial charge on any atom is -0.443 e. The first-order valence-electron chi connectivity index (χ1n) is 10.2. The molecule has 0 radical (unpaired) electrons. The van der Waals surface area contributed by atoms with Gasteiger partial charge in [-0.3, -0.25) is 9.69 Å². The molecule has 0 N–H and O–H groups in total. The summed E-state index contributed by atoms with van der Waals surface area (Å²) in [6.07, 6.45) is -2.07. The number of ether oxygens (including phenoxy) is 2. The van der Waals surface area contributed by atoms with E-state index in [0.29, 0.717) is 17.7 Å². The number of carbonyl (C=O) groups excluding carboxylic acids is 2. The SMILES string of the molecule is CC(C)(C)OC(=O)N(c1cc(-c2cccc(OC(F)(F)F)c2)nc2c(C=O)cnn12)C1CC1. The number of nitrogens with zero attached hydrogens (tertiary/aromatic N) is 4. The Kier molecular flexibility index (Phi) is 5.51. The number of carbonyl (C=O) groups is 2. The molecule has 3 aromatic rings. The summed E-state index contributed by atoms with van der Waals surface area (Å²) in [7, 11) is 0. The third-order valence-corrected chi connectivity index (χ3v) is 4.72. The fourth-order valence-electron chi connectivity index (χ4n) is 3.29. The van der Waals surface area contributed by atoms with Crippen molar-refractivity contribution >= 4 is 23.8 Å². The Morgan fingerprint density at radius 3 is 2.55 bits per heavy atom. The van der Waals surface area contributed by atoms with Crippen LogP contribution < -0.4 is 9.64 Å². The van der Waals surface area contributed by atoms with Crippen molar-refractivity contribution in [1.29, 1.82) is 0 Å². The lowest BCUT2D eigenvalue weighted by molar-refractivity contribution is -0.274. The minimum absolute atomic E-state index is 0.137. The van der Waals surface area contributed by atoms with Crippen LogP contribution in [0.5, 0.6) is 5.75 Å². The van der Waals surface area contributed by atoms with Crippen molar-refractivity contribution in [3.05, 3.63) is 42.1 Å². The average Bonchev–Trinajstić information content (AvgIpc) is 3.43. The molecule has 1 aliphatic carbocycles. The predicted molar refractivity (Wildman–Crippen MR) is 112 cm³/mol. The van der Waals surface area contributed by atoms with E-state index in [1.165, 1.54) is 39.9 Å². The van der Waals surface area contributed by atoms with Gasteiger partial charge < -0.3 is 9.47 Å². The Labute approximate surface area is 186 Å². The molecule has 1 saturated carbocycles. The van der Waals surface area contributed by atoms with Gasteiger partial charge in [0.05, 0.1) is 17.5 Å². The Hall–Kier alpha value is -3.63. The molecule has 1 aliphatic rings. The van der Waals surface area contributed by atoms with E-state index in [1.54, 1.807) is 26.8 Å². The van der Waals surface area contributed by atoms with E-state index in [1.807, 2.05) is 0 Å². The van der Waals surface area contributed by atoms with Gasteiger partial charge in [-0.2, -0.15) is 9.61 Å². The maximum absolute atomic E-state index is 13.0. The molecule has 2 heterocycles. The Morgan fingerprint density at radius 1 is 1.21 bits per heavy atom. The fraction of sp³-hybridized carbons (Fsp3) is 0.364. The van der Waals surface area contributed by atoms with E-state index in [0.717, 1.165) is 12.8 Å². The monoisotopic (exact) mass is 462 g/mol. The number of aromatic nitrogens is 3. The van der Waals surface area contributed by atoms with E-state index < -0.39 is 23.8 Å². The third-order valence-electron chi connectivity index (χ3n) is 4.72. The molecule has 0 unspecified atom stereocenters. The van der Waals surface area contributed by atoms with E-state index in [4.69, 9.17) is 4.74 Å². The number of benzene rings is 1. The van der Waals surface area contributed by atoms with Crippen molar-refractivity contribution < 1.29 is 32.2 Å². The van der Waals surface area contributed by atoms with Crippen molar-refractivity contribution in [3.8, 4) is 17.0 Å². The predicted octanol–water partition coefficient (Wildman–Crippen LogP) is 5.01. The molecule has 0 spiro atoms. The highest BCUT2D eigenvalue weighted by Crippen LogP contribution is 2.36. The van der Waals surface area contributed by atoms with Crippen LogP contribution in [0, 0.1) is 0 Å². The third kappa shape index (κ3) is 5.07. The maximum atomic E-state index is 13.0. The molecule has 0 aliphatic heterocycles. The first kappa shape index (κ1) is 22.6. The minimum atomic E-state index is -4.85. The van der Waals surface area contributed by atoms with E-state index in [9.17, 15) is 22.8 Å². The number of aldehydes is 1. The smallest absolute Gasteiger partial charge is 0.443 e. The van der Waals surface area contributed by atoms with Crippen LogP contribution in [0.25, 0.3) is 16.9 Å². The van der Waals surface area contributed by atoms with Gasteiger partial charge in [0.15, 0.2) is 11.9 Å². The van der Waals surface area contributed by atoms with Crippen LogP contribution in [-0.4, -0.2) is 45.0 Å². The van der Waals surface area contributed by atoms with Crippen LogP contribution in [0.4, 0.5) is 23.8 Å². The molecule has 0 atom stereocenters. The molecule has 33 heavy (non-hydrogen) atoms. The zero-order valence-electron chi connectivity index (χ0n) is 18.1. The largest absolute Gasteiger partial charge is 0.573 e. The van der Waals surface area contributed by atoms with Gasteiger partial charge >= 0.3 is 12.5 Å². The molecule has 4 rings (SSSR count). The molecular weight excluding hydrogens is 441 g/mol. The molecule has 0 saturated heterocycles. The van der Waals surface area contributed by atoms with Crippen LogP contribution in [0.2, 0.25) is 0 Å². The fourth-order valence-corrected chi connectivity index (χ4v) is 3.29. The summed E-state index contributed by atoms with van der Waals surface area (Å²) >= 11 is 0. The average molecular weight is 462 g/mol. The van der Waals surface area contributed by atoms with Gasteiger partial charge in [-0.05, 0) is 45.7 Å². The van der Waals surface area contributed by atoms with E-state index in [2.05, 4.69) is 14.8 Å². The first-order valence-corrected chi connectivity index (χ1v) is 10.2. The van der Waals surface area contributed by atoms with Gasteiger partial charge in [-0.15, -0.1) is 13.2 Å². The van der Waals surface area contributed by atoms with E-state index >= 15 is 0 Å². The van der Waals surface area contributed by atoms with Gasteiger partial charge in [0.2, 0.25) is 0 Å². The van der Waals surface area contributed by atoms with Crippen LogP contribution in [0.15, 0.2) is 36.5 Å². The van der Waals surface area contributed by atoms with Crippen LogP contribution >= 0.6 is 0 Å². The zero-order valence-corrected chi connectivity index (χ0v) is 18.1. The molecular formula is C22H21F3N4O4. The molecule has 0 bridgehead atoms. The second kappa shape index (κ2) is 8.05. The molecule has 1 aromatic carbocycles. The summed E-state index contributed by atoms with van der Waals surface area (Å²) in [6, 6.07) is 6.69. The van der Waals surface area contributed by atoms with Crippen molar-refractivity contribution in [1.82, 2.24) is 14.6 Å². The molecule has 1 amide bonds. The number of alkyl halides is 3. The Bertz CT molecular complexity index is 1210. The maximum Gasteiger partial charge on any atom is 0.573 e. The molecule has 11 heteroatoms. The second-order valence-corrected chi connectivity index (χ2v) is 8.61. The molecule has 2 aromatic heterocycles. The lowest BCUT2D eigenvalue weighted by Crippen LogP contribution is -2.39. The zero-order chi connectivity index (χ0) is 24.0. The van der Waals surface area contributed by atoms with Crippen LogP contribution in [0.1, 0.15) is 44.0 Å². The number of hydrogen-bond donors (Lipinski definition) is 0. The highest BCUT2D eigenvalue weighted by Gasteiger charge is 2.38. The van der Waals surface area contributed by atoms with Gasteiger partial charge in [0.1, 0.15) is 17.2 Å². The lowest BCUT2D eigenvalue weighted by atomic mass is 10.1. The van der Waals surface area contributed by atoms with E-state index in [-0.39, 0.29) is 22.9 Å². The number of hydrogen-bond acceptors (Lipinski definition) is 6. The van der Waals surface area contributed by atoms with Crippen LogP contribution in [0.3, 0.4) is 0 Å². The van der Waals surface area contributed by atoms with Gasteiger partial charge in [-0.1, -0.05) is 12.1 Å². The van der Waals surface area contributed by atoms with Crippen molar-refractivity contribution in [2.24, 2.45) is 0 Å². The normalized spacial score (nSPS) is 14.2. The number of fused-ring (bicyclic) bond motifs is 1. The molecule has 1 fully saturated rings. The van der Waals surface area contributed by atoms with Gasteiger partial charge in [0.25, 0.3) is 0 Å². The Balaban J connectivity index is 1.86. The number of amides is 1. The number of anilines is 1. The summed E-state index contributed by atoms with van der Waals surface area (Å²) in [5.41, 5.74) is 0.122. The summed E-state index contributed by atoms with van der Waals surface area (Å²) < 4.78 is 49.0. The van der Waals surface area contributed by atoms with Crippen molar-refractivity contribution in [2.45, 2.75) is 51.6 Å². The standard InChI is InChI=1S/C22H21F3N4O4/c1-21(2,3)33-20(31)28(15-7-8-15)18-10-17(27-19-14(12-30)11-26-29(18)19)13-5-4-6-16(9-13)32-22(23,24)25/h4-6,9-12,15H,7-8H2,1-3H3. The van der Waals surface area contributed by atoms with Gasteiger partial charge in [0, 0.05) is 17.7 Å². The highest BCUT2D eigenvalue weighted by atomic mass is 19.4.